The summed E-state index contributed by atoms with van der Waals surface area (Å²) in [5.74, 6) is 1.98. The lowest BCUT2D eigenvalue weighted by Crippen LogP contribution is -2.48. The molecule has 0 aromatic carbocycles. The summed E-state index contributed by atoms with van der Waals surface area (Å²) in [6.07, 6.45) is 12.3. The summed E-state index contributed by atoms with van der Waals surface area (Å²) in [5.41, 5.74) is 0. The minimum atomic E-state index is 0.647. The molecule has 2 bridgehead atoms. The van der Waals surface area contributed by atoms with E-state index in [0.717, 1.165) is 11.9 Å². The number of aromatic nitrogens is 2. The lowest BCUT2D eigenvalue weighted by atomic mass is 9.84. The van der Waals surface area contributed by atoms with Gasteiger partial charge < -0.3 is 14.8 Å². The zero-order valence-corrected chi connectivity index (χ0v) is 11.6. The van der Waals surface area contributed by atoms with E-state index in [1.54, 1.807) is 0 Å². The molecule has 1 aromatic rings. The molecule has 1 saturated carbocycles. The Morgan fingerprint density at radius 1 is 1.11 bits per heavy atom. The lowest BCUT2D eigenvalue weighted by Gasteiger charge is -2.45. The molecule has 19 heavy (non-hydrogen) atoms. The van der Waals surface area contributed by atoms with E-state index in [-0.39, 0.29) is 0 Å². The number of fused-ring (bicyclic) bond motifs is 3. The van der Waals surface area contributed by atoms with Crippen LogP contribution in [-0.2, 0) is 0 Å². The summed E-state index contributed by atoms with van der Waals surface area (Å²) < 4.78 is 2.42. The van der Waals surface area contributed by atoms with Crippen LogP contribution in [-0.4, -0.2) is 40.1 Å². The molecule has 3 aliphatic heterocycles. The Kier molecular flexibility index (Phi) is 2.98. The molecule has 1 aromatic heterocycles. The van der Waals surface area contributed by atoms with Gasteiger partial charge in [0.05, 0.1) is 6.04 Å². The van der Waals surface area contributed by atoms with Crippen molar-refractivity contribution in [2.24, 2.45) is 5.92 Å². The molecule has 4 fully saturated rings. The van der Waals surface area contributed by atoms with Crippen LogP contribution in [0.25, 0.3) is 0 Å². The summed E-state index contributed by atoms with van der Waals surface area (Å²) in [5, 5.41) is 3.68. The minimum absolute atomic E-state index is 0.647. The molecule has 4 aliphatic rings. The van der Waals surface area contributed by atoms with Crippen LogP contribution >= 0.6 is 0 Å². The fourth-order valence-corrected chi connectivity index (χ4v) is 4.19. The van der Waals surface area contributed by atoms with Crippen LogP contribution in [0.15, 0.2) is 12.4 Å². The lowest BCUT2D eigenvalue weighted by molar-refractivity contribution is 0.0578. The Labute approximate surface area is 115 Å². The van der Waals surface area contributed by atoms with Crippen LogP contribution in [0.5, 0.6) is 0 Å². The van der Waals surface area contributed by atoms with Gasteiger partial charge in [0.1, 0.15) is 0 Å². The number of imidazole rings is 1. The Bertz CT molecular complexity index is 427. The Hall–Kier alpha value is -1.03. The zero-order valence-electron chi connectivity index (χ0n) is 11.6. The standard InChI is InChI=1S/C15H24N4/c1-2-4-13(3-1)17-15-16-7-10-19(15)14-11-18-8-5-12(14)6-9-18/h7,10,12-14H,1-6,8-9,11H2,(H,16,17). The number of piperidine rings is 3. The average molecular weight is 260 g/mol. The van der Waals surface area contributed by atoms with E-state index in [4.69, 9.17) is 0 Å². The van der Waals surface area contributed by atoms with Gasteiger partial charge in [-0.25, -0.2) is 4.98 Å². The normalized spacial score (nSPS) is 34.8. The molecule has 0 amide bonds. The highest BCUT2D eigenvalue weighted by Gasteiger charge is 2.36. The molecule has 4 nitrogen and oxygen atoms in total. The highest BCUT2D eigenvalue weighted by Crippen LogP contribution is 2.37. The first-order valence-corrected chi connectivity index (χ1v) is 7.92. The van der Waals surface area contributed by atoms with Gasteiger partial charge in [-0.05, 0) is 44.7 Å². The van der Waals surface area contributed by atoms with Crippen molar-refractivity contribution in [3.63, 3.8) is 0 Å². The molecule has 104 valence electrons. The molecular formula is C15H24N4. The Morgan fingerprint density at radius 3 is 2.58 bits per heavy atom. The van der Waals surface area contributed by atoms with Gasteiger partial charge in [-0.15, -0.1) is 0 Å². The Balaban J connectivity index is 1.53. The first-order chi connectivity index (χ1) is 9.40. The van der Waals surface area contributed by atoms with Gasteiger partial charge in [0.25, 0.3) is 0 Å². The molecule has 5 rings (SSSR count). The van der Waals surface area contributed by atoms with Crippen LogP contribution in [0.1, 0.15) is 44.6 Å². The fourth-order valence-electron chi connectivity index (χ4n) is 4.19. The first kappa shape index (κ1) is 11.8. The largest absolute Gasteiger partial charge is 0.353 e. The van der Waals surface area contributed by atoms with E-state index >= 15 is 0 Å². The highest BCUT2D eigenvalue weighted by molar-refractivity contribution is 5.29. The van der Waals surface area contributed by atoms with Crippen LogP contribution < -0.4 is 5.32 Å². The van der Waals surface area contributed by atoms with Gasteiger partial charge >= 0.3 is 0 Å². The molecule has 1 aliphatic carbocycles. The van der Waals surface area contributed by atoms with Gasteiger partial charge in [0.2, 0.25) is 5.95 Å². The topological polar surface area (TPSA) is 33.1 Å². The third-order valence-corrected chi connectivity index (χ3v) is 5.34. The zero-order chi connectivity index (χ0) is 12.7. The summed E-state index contributed by atoms with van der Waals surface area (Å²) in [7, 11) is 0. The van der Waals surface area contributed by atoms with Gasteiger partial charge in [-0.2, -0.15) is 0 Å². The van der Waals surface area contributed by atoms with Crippen LogP contribution in [0.4, 0.5) is 5.95 Å². The molecule has 0 spiro atoms. The molecule has 1 unspecified atom stereocenters. The van der Waals surface area contributed by atoms with Crippen LogP contribution in [0.3, 0.4) is 0 Å². The predicted molar refractivity (Wildman–Crippen MR) is 76.3 cm³/mol. The van der Waals surface area contributed by atoms with E-state index in [1.165, 1.54) is 58.2 Å². The maximum Gasteiger partial charge on any atom is 0.203 e. The van der Waals surface area contributed by atoms with E-state index in [2.05, 4.69) is 26.0 Å². The van der Waals surface area contributed by atoms with Crippen LogP contribution in [0.2, 0.25) is 0 Å². The highest BCUT2D eigenvalue weighted by atomic mass is 15.3. The quantitative estimate of drug-likeness (QED) is 0.906. The molecular weight excluding hydrogens is 236 g/mol. The second-order valence-electron chi connectivity index (χ2n) is 6.49. The SMILES string of the molecule is c1cn(C2CN3CCC2CC3)c(NC2CCCC2)n1. The number of hydrogen-bond acceptors (Lipinski definition) is 3. The van der Waals surface area contributed by atoms with E-state index in [9.17, 15) is 0 Å². The van der Waals surface area contributed by atoms with Gasteiger partial charge in [0, 0.05) is 25.0 Å². The molecule has 3 saturated heterocycles. The first-order valence-electron chi connectivity index (χ1n) is 7.92. The second kappa shape index (κ2) is 4.82. The maximum absolute atomic E-state index is 4.57. The average Bonchev–Trinajstić information content (AvgIpc) is 3.12. The second-order valence-corrected chi connectivity index (χ2v) is 6.49. The van der Waals surface area contributed by atoms with Crippen molar-refractivity contribution in [2.75, 3.05) is 25.0 Å². The third-order valence-electron chi connectivity index (χ3n) is 5.34. The number of nitrogens with zero attached hydrogens (tertiary/aromatic N) is 3. The van der Waals surface area contributed by atoms with E-state index < -0.39 is 0 Å². The fraction of sp³-hybridized carbons (Fsp3) is 0.800. The smallest absolute Gasteiger partial charge is 0.203 e. The molecule has 4 heteroatoms. The van der Waals surface area contributed by atoms with Crippen molar-refractivity contribution in [1.82, 2.24) is 14.5 Å². The summed E-state index contributed by atoms with van der Waals surface area (Å²) >= 11 is 0. The van der Waals surface area contributed by atoms with Crippen LogP contribution in [0, 0.1) is 5.92 Å². The molecule has 1 atom stereocenters. The summed E-state index contributed by atoms with van der Waals surface area (Å²) in [4.78, 5) is 7.19. The van der Waals surface area contributed by atoms with Crippen molar-refractivity contribution < 1.29 is 0 Å². The number of hydrogen-bond donors (Lipinski definition) is 1. The van der Waals surface area contributed by atoms with Crippen molar-refractivity contribution in [2.45, 2.75) is 50.6 Å². The van der Waals surface area contributed by atoms with Crippen molar-refractivity contribution >= 4 is 5.95 Å². The Morgan fingerprint density at radius 2 is 1.89 bits per heavy atom. The molecule has 0 radical (unpaired) electrons. The summed E-state index contributed by atoms with van der Waals surface area (Å²) in [6.45, 7) is 3.84. The summed E-state index contributed by atoms with van der Waals surface area (Å²) in [6, 6.07) is 1.30. The maximum atomic E-state index is 4.57. The minimum Gasteiger partial charge on any atom is -0.353 e. The van der Waals surface area contributed by atoms with Crippen molar-refractivity contribution in [3.8, 4) is 0 Å². The van der Waals surface area contributed by atoms with Crippen molar-refractivity contribution in [1.29, 1.82) is 0 Å². The number of nitrogens with one attached hydrogen (secondary N) is 1. The monoisotopic (exact) mass is 260 g/mol. The van der Waals surface area contributed by atoms with E-state index in [0.29, 0.717) is 12.1 Å². The predicted octanol–water partition coefficient (Wildman–Crippen LogP) is 2.50. The molecule has 1 N–H and O–H groups in total. The van der Waals surface area contributed by atoms with E-state index in [1.807, 2.05) is 6.20 Å². The third kappa shape index (κ3) is 2.16. The van der Waals surface area contributed by atoms with Gasteiger partial charge in [-0.3, -0.25) is 0 Å². The number of anilines is 1. The van der Waals surface area contributed by atoms with Crippen molar-refractivity contribution in [3.05, 3.63) is 12.4 Å². The number of rotatable bonds is 3. The van der Waals surface area contributed by atoms with Gasteiger partial charge in [-0.1, -0.05) is 12.8 Å². The molecule has 4 heterocycles. The van der Waals surface area contributed by atoms with Gasteiger partial charge in [0.15, 0.2) is 0 Å².